The molecule has 0 radical (unpaired) electrons. The minimum absolute atomic E-state index is 0.149. The summed E-state index contributed by atoms with van der Waals surface area (Å²) in [5.74, 6) is -0.149. The largest absolute Gasteiger partial charge is 0.463 e. The first-order chi connectivity index (χ1) is 13.8. The number of ether oxygens (including phenoxy) is 4. The van der Waals surface area contributed by atoms with Crippen LogP contribution in [0.3, 0.4) is 0 Å². The number of amides is 1. The molecule has 0 fully saturated rings. The van der Waals surface area contributed by atoms with E-state index in [1.807, 2.05) is 20.8 Å². The Bertz CT molecular complexity index is 422. The number of hydrogen-bond donors (Lipinski definition) is 0. The molecule has 0 saturated carbocycles. The molecule has 0 bridgehead atoms. The summed E-state index contributed by atoms with van der Waals surface area (Å²) in [7, 11) is 1.68. The lowest BCUT2D eigenvalue weighted by Crippen LogP contribution is -2.36. The Morgan fingerprint density at radius 2 is 1.34 bits per heavy atom. The van der Waals surface area contributed by atoms with Crippen LogP contribution in [0.1, 0.15) is 79.1 Å². The van der Waals surface area contributed by atoms with Gasteiger partial charge in [-0.25, -0.2) is 4.79 Å². The predicted octanol–water partition coefficient (Wildman–Crippen LogP) is 4.57. The Kier molecular flexibility index (Phi) is 16.7. The highest BCUT2D eigenvalue weighted by Gasteiger charge is 2.19. The van der Waals surface area contributed by atoms with Gasteiger partial charge in [-0.05, 0) is 27.2 Å². The molecule has 172 valence electrons. The number of hydrogen-bond acceptors (Lipinski definition) is 6. The van der Waals surface area contributed by atoms with Crippen LogP contribution in [0.15, 0.2) is 0 Å². The van der Waals surface area contributed by atoms with Crippen LogP contribution in [0, 0.1) is 0 Å². The first kappa shape index (κ1) is 27.7. The molecule has 0 atom stereocenters. The van der Waals surface area contributed by atoms with E-state index < -0.39 is 5.60 Å². The quantitative estimate of drug-likeness (QED) is 0.255. The van der Waals surface area contributed by atoms with E-state index in [0.717, 1.165) is 12.8 Å². The Morgan fingerprint density at radius 1 is 0.793 bits per heavy atom. The lowest BCUT2D eigenvalue weighted by Gasteiger charge is -2.24. The fourth-order valence-corrected chi connectivity index (χ4v) is 2.47. The maximum absolute atomic E-state index is 11.8. The maximum Gasteiger partial charge on any atom is 0.410 e. The van der Waals surface area contributed by atoms with Crippen molar-refractivity contribution >= 4 is 12.1 Å². The minimum atomic E-state index is -0.502. The van der Waals surface area contributed by atoms with E-state index >= 15 is 0 Å². The molecule has 0 aromatic rings. The fourth-order valence-electron chi connectivity index (χ4n) is 2.47. The number of esters is 1. The molecule has 0 heterocycles. The summed E-state index contributed by atoms with van der Waals surface area (Å²) in [6, 6.07) is 0. The number of carbonyl (C=O) groups is 2. The van der Waals surface area contributed by atoms with Crippen LogP contribution in [-0.2, 0) is 23.7 Å². The summed E-state index contributed by atoms with van der Waals surface area (Å²) >= 11 is 0. The molecule has 0 aromatic heterocycles. The molecule has 0 rings (SSSR count). The van der Waals surface area contributed by atoms with Crippen LogP contribution in [-0.4, -0.2) is 69.2 Å². The van der Waals surface area contributed by atoms with Gasteiger partial charge < -0.3 is 23.8 Å². The molecule has 7 nitrogen and oxygen atoms in total. The normalized spacial score (nSPS) is 11.3. The van der Waals surface area contributed by atoms with Crippen molar-refractivity contribution in [3.63, 3.8) is 0 Å². The molecule has 1 amide bonds. The first-order valence-electron chi connectivity index (χ1n) is 11.0. The van der Waals surface area contributed by atoms with Gasteiger partial charge in [0.1, 0.15) is 12.2 Å². The van der Waals surface area contributed by atoms with Crippen molar-refractivity contribution in [1.29, 1.82) is 0 Å². The van der Waals surface area contributed by atoms with Gasteiger partial charge in [-0.1, -0.05) is 45.4 Å². The highest BCUT2D eigenvalue weighted by molar-refractivity contribution is 5.69. The Hall–Kier alpha value is -1.34. The average molecular weight is 418 g/mol. The predicted molar refractivity (Wildman–Crippen MR) is 114 cm³/mol. The van der Waals surface area contributed by atoms with E-state index in [9.17, 15) is 9.59 Å². The van der Waals surface area contributed by atoms with Gasteiger partial charge in [0.05, 0.1) is 26.4 Å². The van der Waals surface area contributed by atoms with E-state index in [2.05, 4.69) is 6.92 Å². The summed E-state index contributed by atoms with van der Waals surface area (Å²) < 4.78 is 21.2. The van der Waals surface area contributed by atoms with Crippen molar-refractivity contribution in [2.45, 2.75) is 84.7 Å². The van der Waals surface area contributed by atoms with Crippen LogP contribution in [0.25, 0.3) is 0 Å². The molecular formula is C22H43NO6. The van der Waals surface area contributed by atoms with Gasteiger partial charge in [0.25, 0.3) is 0 Å². The van der Waals surface area contributed by atoms with Crippen LogP contribution in [0.5, 0.6) is 0 Å². The smallest absolute Gasteiger partial charge is 0.410 e. The van der Waals surface area contributed by atoms with E-state index in [0.29, 0.717) is 39.4 Å². The number of likely N-dealkylation sites (N-methyl/N-ethyl adjacent to an activating group) is 1. The summed E-state index contributed by atoms with van der Waals surface area (Å²) in [4.78, 5) is 24.9. The lowest BCUT2D eigenvalue weighted by molar-refractivity contribution is -0.145. The average Bonchev–Trinajstić information content (AvgIpc) is 2.64. The SMILES string of the molecule is CCCCCCCCCC(=O)OCCOCCOCCN(C)C(=O)OC(C)(C)C. The van der Waals surface area contributed by atoms with Crippen LogP contribution in [0.2, 0.25) is 0 Å². The summed E-state index contributed by atoms with van der Waals surface area (Å²) in [6.45, 7) is 10.1. The molecule has 0 aliphatic rings. The van der Waals surface area contributed by atoms with Crippen molar-refractivity contribution in [1.82, 2.24) is 4.90 Å². The third-order valence-corrected chi connectivity index (χ3v) is 4.12. The van der Waals surface area contributed by atoms with E-state index in [4.69, 9.17) is 18.9 Å². The molecule has 7 heteroatoms. The zero-order valence-corrected chi connectivity index (χ0v) is 19.3. The van der Waals surface area contributed by atoms with Crippen LogP contribution < -0.4 is 0 Å². The Labute approximate surface area is 177 Å². The number of nitrogens with zero attached hydrogens (tertiary/aromatic N) is 1. The third-order valence-electron chi connectivity index (χ3n) is 4.12. The molecule has 0 spiro atoms. The highest BCUT2D eigenvalue weighted by atomic mass is 16.6. The summed E-state index contributed by atoms with van der Waals surface area (Å²) in [5.41, 5.74) is -0.502. The van der Waals surface area contributed by atoms with Crippen molar-refractivity contribution in [2.75, 3.05) is 46.6 Å². The van der Waals surface area contributed by atoms with E-state index in [-0.39, 0.29) is 18.7 Å². The van der Waals surface area contributed by atoms with Gasteiger partial charge in [-0.3, -0.25) is 4.79 Å². The van der Waals surface area contributed by atoms with Crippen LogP contribution >= 0.6 is 0 Å². The molecule has 0 unspecified atom stereocenters. The lowest BCUT2D eigenvalue weighted by atomic mass is 10.1. The van der Waals surface area contributed by atoms with Gasteiger partial charge in [-0.15, -0.1) is 0 Å². The van der Waals surface area contributed by atoms with Gasteiger partial charge in [0, 0.05) is 20.0 Å². The highest BCUT2D eigenvalue weighted by Crippen LogP contribution is 2.09. The van der Waals surface area contributed by atoms with Crippen molar-refractivity contribution in [3.8, 4) is 0 Å². The fraction of sp³-hybridized carbons (Fsp3) is 0.909. The second-order valence-corrected chi connectivity index (χ2v) is 8.22. The topological polar surface area (TPSA) is 74.3 Å². The monoisotopic (exact) mass is 417 g/mol. The second-order valence-electron chi connectivity index (χ2n) is 8.22. The van der Waals surface area contributed by atoms with Crippen molar-refractivity contribution in [2.24, 2.45) is 0 Å². The number of carbonyl (C=O) groups excluding carboxylic acids is 2. The minimum Gasteiger partial charge on any atom is -0.463 e. The standard InChI is InChI=1S/C22H43NO6/c1-6-7-8-9-10-11-12-13-20(24)28-19-18-27-17-16-26-15-14-23(5)21(25)29-22(2,3)4/h6-19H2,1-5H3. The van der Waals surface area contributed by atoms with Crippen molar-refractivity contribution in [3.05, 3.63) is 0 Å². The number of rotatable bonds is 17. The van der Waals surface area contributed by atoms with E-state index in [1.165, 1.54) is 37.0 Å². The van der Waals surface area contributed by atoms with Gasteiger partial charge in [-0.2, -0.15) is 0 Å². The zero-order chi connectivity index (χ0) is 22.0. The van der Waals surface area contributed by atoms with Gasteiger partial charge in [0.15, 0.2) is 0 Å². The Balaban J connectivity index is 3.40. The maximum atomic E-state index is 11.8. The van der Waals surface area contributed by atoms with Gasteiger partial charge in [0.2, 0.25) is 0 Å². The zero-order valence-electron chi connectivity index (χ0n) is 19.3. The third kappa shape index (κ3) is 19.7. The second kappa shape index (κ2) is 17.5. The summed E-state index contributed by atoms with van der Waals surface area (Å²) in [6.07, 6.45) is 8.43. The molecule has 29 heavy (non-hydrogen) atoms. The molecule has 0 aliphatic heterocycles. The summed E-state index contributed by atoms with van der Waals surface area (Å²) in [5, 5.41) is 0. The van der Waals surface area contributed by atoms with Crippen molar-refractivity contribution < 1.29 is 28.5 Å². The van der Waals surface area contributed by atoms with Crippen LogP contribution in [0.4, 0.5) is 4.79 Å². The van der Waals surface area contributed by atoms with Gasteiger partial charge >= 0.3 is 12.1 Å². The molecule has 0 saturated heterocycles. The molecular weight excluding hydrogens is 374 g/mol. The Morgan fingerprint density at radius 3 is 1.97 bits per heavy atom. The van der Waals surface area contributed by atoms with E-state index in [1.54, 1.807) is 7.05 Å². The number of unbranched alkanes of at least 4 members (excludes halogenated alkanes) is 6. The first-order valence-corrected chi connectivity index (χ1v) is 11.0. The molecule has 0 aliphatic carbocycles. The molecule has 0 N–H and O–H groups in total. The molecule has 0 aromatic carbocycles.